The summed E-state index contributed by atoms with van der Waals surface area (Å²) in [5.74, 6) is 6.55. The second kappa shape index (κ2) is 11.1. The fourth-order valence-electron chi connectivity index (χ4n) is 5.48. The van der Waals surface area contributed by atoms with Crippen molar-refractivity contribution in [3.05, 3.63) is 51.8 Å². The summed E-state index contributed by atoms with van der Waals surface area (Å²) < 4.78 is 17.7. The van der Waals surface area contributed by atoms with Gasteiger partial charge in [-0.3, -0.25) is 4.79 Å². The highest BCUT2D eigenvalue weighted by atomic mass is 35.5. The largest absolute Gasteiger partial charge is 0.490 e. The van der Waals surface area contributed by atoms with Crippen LogP contribution >= 0.6 is 11.6 Å². The lowest BCUT2D eigenvalue weighted by atomic mass is 9.81. The molecule has 3 aliphatic rings. The first-order valence-electron chi connectivity index (χ1n) is 12.8. The Balaban J connectivity index is 1.23. The lowest BCUT2D eigenvalue weighted by molar-refractivity contribution is -0.180. The van der Waals surface area contributed by atoms with Gasteiger partial charge in [-0.05, 0) is 74.1 Å². The molecule has 2 aliphatic carbocycles. The smallest absolute Gasteiger partial charge is 0.269 e. The number of ether oxygens (including phenoxy) is 3. The van der Waals surface area contributed by atoms with Gasteiger partial charge < -0.3 is 19.9 Å². The number of nitriles is 1. The molecule has 1 aromatic heterocycles. The number of carbonyl (C=O) groups excluding carboxylic acids is 1. The zero-order chi connectivity index (χ0) is 25.8. The average molecular weight is 521 g/mol. The van der Waals surface area contributed by atoms with Crippen LogP contribution < -0.4 is 10.5 Å². The Morgan fingerprint density at radius 3 is 2.46 bits per heavy atom. The molecule has 2 N–H and O–H groups in total. The van der Waals surface area contributed by atoms with Crippen molar-refractivity contribution in [2.45, 2.75) is 69.2 Å². The second-order valence-electron chi connectivity index (χ2n) is 9.89. The van der Waals surface area contributed by atoms with Gasteiger partial charge in [0, 0.05) is 24.8 Å². The van der Waals surface area contributed by atoms with Crippen molar-refractivity contribution in [1.29, 1.82) is 5.26 Å². The third-order valence-electron chi connectivity index (χ3n) is 7.50. The molecule has 5 rings (SSSR count). The number of hydrogen-bond donors (Lipinski definition) is 1. The van der Waals surface area contributed by atoms with Gasteiger partial charge in [0.1, 0.15) is 17.5 Å². The highest BCUT2D eigenvalue weighted by molar-refractivity contribution is 6.31. The van der Waals surface area contributed by atoms with Gasteiger partial charge in [-0.15, -0.1) is 10.2 Å². The third-order valence-corrected chi connectivity index (χ3v) is 7.81. The van der Waals surface area contributed by atoms with E-state index < -0.39 is 11.7 Å². The standard InChI is InChI=1S/C28H29ClN4O4/c29-25-16-23(8-4-20(25)17-30)37-22-6-2-19(3-7-22)24-15-21(32-33-26(24)27(31)34)5-1-18-9-11-28(12-10-18)35-13-14-36-28/h4,8,15-16,18-19,22H,2-3,6-7,9-14H2,(H2,31,34). The molecule has 1 spiro atoms. The van der Waals surface area contributed by atoms with Crippen LogP contribution in [0.15, 0.2) is 24.3 Å². The van der Waals surface area contributed by atoms with Crippen LogP contribution in [-0.4, -0.2) is 41.2 Å². The van der Waals surface area contributed by atoms with E-state index in [1.807, 2.05) is 6.07 Å². The summed E-state index contributed by atoms with van der Waals surface area (Å²) in [6.07, 6.45) is 6.80. The van der Waals surface area contributed by atoms with Gasteiger partial charge >= 0.3 is 0 Å². The molecule has 0 radical (unpaired) electrons. The number of nitrogens with two attached hydrogens (primary N) is 1. The molecule has 1 aromatic carbocycles. The summed E-state index contributed by atoms with van der Waals surface area (Å²) in [6.45, 7) is 1.33. The van der Waals surface area contributed by atoms with Gasteiger partial charge in [0.25, 0.3) is 5.91 Å². The van der Waals surface area contributed by atoms with Gasteiger partial charge in [0.15, 0.2) is 11.5 Å². The van der Waals surface area contributed by atoms with Crippen molar-refractivity contribution in [2.24, 2.45) is 11.7 Å². The van der Waals surface area contributed by atoms with E-state index in [-0.39, 0.29) is 23.6 Å². The first-order chi connectivity index (χ1) is 17.9. The summed E-state index contributed by atoms with van der Waals surface area (Å²) in [5.41, 5.74) is 7.62. The Bertz CT molecular complexity index is 1260. The van der Waals surface area contributed by atoms with Gasteiger partial charge in [0.2, 0.25) is 0 Å². The first kappa shape index (κ1) is 25.5. The van der Waals surface area contributed by atoms with E-state index in [0.717, 1.165) is 56.9 Å². The molecule has 2 saturated carbocycles. The molecule has 0 bridgehead atoms. The summed E-state index contributed by atoms with van der Waals surface area (Å²) in [4.78, 5) is 12.1. The van der Waals surface area contributed by atoms with E-state index in [1.165, 1.54) is 0 Å². The molecule has 2 aromatic rings. The van der Waals surface area contributed by atoms with Crippen LogP contribution in [-0.2, 0) is 9.47 Å². The van der Waals surface area contributed by atoms with Gasteiger partial charge in [-0.25, -0.2) is 0 Å². The molecule has 8 nitrogen and oxygen atoms in total. The maximum Gasteiger partial charge on any atom is 0.269 e. The predicted octanol–water partition coefficient (Wildman–Crippen LogP) is 4.49. The number of primary amides is 1. The lowest BCUT2D eigenvalue weighted by Gasteiger charge is -2.33. The van der Waals surface area contributed by atoms with Crippen LogP contribution in [0.1, 0.15) is 84.6 Å². The Kier molecular flexibility index (Phi) is 7.62. The Morgan fingerprint density at radius 1 is 1.08 bits per heavy atom. The fraction of sp³-hybridized carbons (Fsp3) is 0.500. The molecule has 2 heterocycles. The molecular weight excluding hydrogens is 492 g/mol. The molecule has 0 atom stereocenters. The maximum atomic E-state index is 12.1. The Morgan fingerprint density at radius 2 is 1.81 bits per heavy atom. The van der Waals surface area contributed by atoms with E-state index in [9.17, 15) is 4.79 Å². The van der Waals surface area contributed by atoms with Gasteiger partial charge in [0.05, 0.1) is 29.9 Å². The molecule has 37 heavy (non-hydrogen) atoms. The minimum absolute atomic E-state index is 0.0220. The van der Waals surface area contributed by atoms with Crippen molar-refractivity contribution in [2.75, 3.05) is 13.2 Å². The van der Waals surface area contributed by atoms with Crippen LogP contribution in [0.25, 0.3) is 0 Å². The zero-order valence-electron chi connectivity index (χ0n) is 20.5. The average Bonchev–Trinajstić information content (AvgIpc) is 3.36. The van der Waals surface area contributed by atoms with E-state index in [1.54, 1.807) is 18.2 Å². The quantitative estimate of drug-likeness (QED) is 0.589. The van der Waals surface area contributed by atoms with Gasteiger partial charge in [-0.1, -0.05) is 17.5 Å². The van der Waals surface area contributed by atoms with E-state index in [2.05, 4.69) is 28.1 Å². The number of halogens is 1. The lowest BCUT2D eigenvalue weighted by Crippen LogP contribution is -2.34. The number of hydrogen-bond acceptors (Lipinski definition) is 7. The second-order valence-corrected chi connectivity index (χ2v) is 10.3. The van der Waals surface area contributed by atoms with Gasteiger partial charge in [-0.2, -0.15) is 5.26 Å². The Labute approximate surface area is 221 Å². The number of nitrogens with zero attached hydrogens (tertiary/aromatic N) is 3. The Hall–Kier alpha value is -3.17. The van der Waals surface area contributed by atoms with Crippen LogP contribution in [0, 0.1) is 29.1 Å². The molecule has 192 valence electrons. The highest BCUT2D eigenvalue weighted by Crippen LogP contribution is 2.38. The number of rotatable bonds is 4. The molecule has 0 unspecified atom stereocenters. The fourth-order valence-corrected chi connectivity index (χ4v) is 5.69. The van der Waals surface area contributed by atoms with Crippen molar-refractivity contribution in [1.82, 2.24) is 10.2 Å². The topological polar surface area (TPSA) is 120 Å². The SMILES string of the molecule is N#Cc1ccc(OC2CCC(c3cc(C#CC4CCC5(CC4)OCCO5)nnc3C(N)=O)CC2)cc1Cl. The summed E-state index contributed by atoms with van der Waals surface area (Å²) in [7, 11) is 0. The van der Waals surface area contributed by atoms with Crippen LogP contribution in [0.5, 0.6) is 5.75 Å². The minimum atomic E-state index is -0.582. The molecule has 3 fully saturated rings. The summed E-state index contributed by atoms with van der Waals surface area (Å²) in [5, 5.41) is 17.8. The van der Waals surface area contributed by atoms with Crippen molar-refractivity contribution in [3.8, 4) is 23.7 Å². The number of aromatic nitrogens is 2. The first-order valence-corrected chi connectivity index (χ1v) is 13.2. The highest BCUT2D eigenvalue weighted by Gasteiger charge is 2.40. The minimum Gasteiger partial charge on any atom is -0.490 e. The number of carbonyl (C=O) groups is 1. The third kappa shape index (κ3) is 5.88. The normalized spacial score (nSPS) is 23.1. The molecule has 1 aliphatic heterocycles. The molecule has 9 heteroatoms. The molecule has 1 amide bonds. The van der Waals surface area contributed by atoms with Crippen LogP contribution in [0.2, 0.25) is 5.02 Å². The number of benzene rings is 1. The van der Waals surface area contributed by atoms with Crippen molar-refractivity contribution in [3.63, 3.8) is 0 Å². The monoisotopic (exact) mass is 520 g/mol. The zero-order valence-corrected chi connectivity index (χ0v) is 21.3. The van der Waals surface area contributed by atoms with Crippen molar-refractivity contribution < 1.29 is 19.0 Å². The van der Waals surface area contributed by atoms with E-state index >= 15 is 0 Å². The number of amides is 1. The van der Waals surface area contributed by atoms with E-state index in [4.69, 9.17) is 36.8 Å². The van der Waals surface area contributed by atoms with Crippen molar-refractivity contribution >= 4 is 17.5 Å². The molecule has 1 saturated heterocycles. The predicted molar refractivity (Wildman–Crippen MR) is 136 cm³/mol. The molecular formula is C28H29ClN4O4. The van der Waals surface area contributed by atoms with Crippen LogP contribution in [0.3, 0.4) is 0 Å². The van der Waals surface area contributed by atoms with E-state index in [0.29, 0.717) is 35.2 Å². The summed E-state index contributed by atoms with van der Waals surface area (Å²) >= 11 is 6.13. The van der Waals surface area contributed by atoms with Crippen LogP contribution in [0.4, 0.5) is 0 Å². The maximum absolute atomic E-state index is 12.1. The summed E-state index contributed by atoms with van der Waals surface area (Å²) in [6, 6.07) is 9.03.